The lowest BCUT2D eigenvalue weighted by molar-refractivity contribution is 0.0825. The third kappa shape index (κ3) is 3.68. The summed E-state index contributed by atoms with van der Waals surface area (Å²) in [5.74, 6) is -0.606. The molecule has 23 heavy (non-hydrogen) atoms. The average Bonchev–Trinajstić information content (AvgIpc) is 2.89. The van der Waals surface area contributed by atoms with E-state index >= 15 is 0 Å². The Kier molecular flexibility index (Phi) is 4.58. The zero-order chi connectivity index (χ0) is 16.4. The molecule has 2 aromatic rings. The first-order valence-electron chi connectivity index (χ1n) is 7.83. The lowest BCUT2D eigenvalue weighted by Crippen LogP contribution is -2.49. The van der Waals surface area contributed by atoms with Gasteiger partial charge in [0, 0.05) is 37.8 Å². The zero-order valence-electron chi connectivity index (χ0n) is 13.4. The predicted molar refractivity (Wildman–Crippen MR) is 84.4 cm³/mol. The molecular formula is C16H21FN4O2. The summed E-state index contributed by atoms with van der Waals surface area (Å²) in [5.41, 5.74) is 0.590. The Hall–Kier alpha value is -1.99. The molecule has 1 aromatic carbocycles. The lowest BCUT2D eigenvalue weighted by Gasteiger charge is -2.36. The quantitative estimate of drug-likeness (QED) is 0.857. The van der Waals surface area contributed by atoms with Crippen LogP contribution in [0.2, 0.25) is 0 Å². The van der Waals surface area contributed by atoms with Gasteiger partial charge in [-0.2, -0.15) is 4.68 Å². The van der Waals surface area contributed by atoms with E-state index in [2.05, 4.69) is 28.7 Å². The van der Waals surface area contributed by atoms with E-state index in [1.54, 1.807) is 12.1 Å². The molecule has 1 aromatic heterocycles. The Labute approximate surface area is 134 Å². The van der Waals surface area contributed by atoms with E-state index in [1.165, 1.54) is 16.8 Å². The first kappa shape index (κ1) is 15.9. The third-order valence-electron chi connectivity index (χ3n) is 4.17. The Morgan fingerprint density at radius 1 is 1.17 bits per heavy atom. The molecule has 124 valence electrons. The molecule has 0 amide bonds. The normalized spacial score (nSPS) is 17.0. The molecule has 7 heteroatoms. The highest BCUT2D eigenvalue weighted by molar-refractivity contribution is 5.51. The summed E-state index contributed by atoms with van der Waals surface area (Å²) in [5, 5.41) is 4.22. The second-order valence-electron chi connectivity index (χ2n) is 6.07. The highest BCUT2D eigenvalue weighted by Gasteiger charge is 2.20. The Balaban J connectivity index is 1.68. The van der Waals surface area contributed by atoms with Gasteiger partial charge in [0.15, 0.2) is 0 Å². The summed E-state index contributed by atoms with van der Waals surface area (Å²) >= 11 is 0. The maximum Gasteiger partial charge on any atom is 0.438 e. The van der Waals surface area contributed by atoms with Gasteiger partial charge in [0.05, 0.1) is 0 Å². The fourth-order valence-corrected chi connectivity index (χ4v) is 2.72. The summed E-state index contributed by atoms with van der Waals surface area (Å²) in [6.45, 7) is 8.53. The van der Waals surface area contributed by atoms with Crippen LogP contribution in [-0.2, 0) is 6.67 Å². The van der Waals surface area contributed by atoms with Crippen LogP contribution < -0.4 is 5.76 Å². The van der Waals surface area contributed by atoms with Gasteiger partial charge in [-0.1, -0.05) is 0 Å². The number of hydrogen-bond acceptors (Lipinski definition) is 5. The monoisotopic (exact) mass is 320 g/mol. The van der Waals surface area contributed by atoms with Crippen molar-refractivity contribution in [2.24, 2.45) is 0 Å². The number of benzene rings is 1. The van der Waals surface area contributed by atoms with Gasteiger partial charge in [0.25, 0.3) is 0 Å². The number of piperazine rings is 1. The van der Waals surface area contributed by atoms with E-state index in [0.29, 0.717) is 18.3 Å². The molecule has 0 aliphatic carbocycles. The highest BCUT2D eigenvalue weighted by Crippen LogP contribution is 2.15. The van der Waals surface area contributed by atoms with Crippen LogP contribution >= 0.6 is 0 Å². The van der Waals surface area contributed by atoms with Crippen molar-refractivity contribution in [3.8, 4) is 11.5 Å². The van der Waals surface area contributed by atoms with Crippen molar-refractivity contribution in [1.29, 1.82) is 0 Å². The van der Waals surface area contributed by atoms with Crippen LogP contribution in [0.4, 0.5) is 4.39 Å². The van der Waals surface area contributed by atoms with E-state index < -0.39 is 5.76 Å². The van der Waals surface area contributed by atoms with Crippen LogP contribution in [0.3, 0.4) is 0 Å². The summed E-state index contributed by atoms with van der Waals surface area (Å²) in [4.78, 5) is 16.5. The van der Waals surface area contributed by atoms with Crippen molar-refractivity contribution in [2.45, 2.75) is 26.6 Å². The van der Waals surface area contributed by atoms with Gasteiger partial charge in [0.1, 0.15) is 12.5 Å². The molecule has 2 heterocycles. The van der Waals surface area contributed by atoms with Gasteiger partial charge in [0.2, 0.25) is 5.89 Å². The van der Waals surface area contributed by atoms with Crippen LogP contribution in [-0.4, -0.2) is 51.8 Å². The van der Waals surface area contributed by atoms with Crippen molar-refractivity contribution in [1.82, 2.24) is 19.6 Å². The van der Waals surface area contributed by atoms with Gasteiger partial charge in [-0.3, -0.25) is 9.80 Å². The molecule has 0 radical (unpaired) electrons. The van der Waals surface area contributed by atoms with Crippen molar-refractivity contribution in [3.63, 3.8) is 0 Å². The van der Waals surface area contributed by atoms with Crippen molar-refractivity contribution < 1.29 is 8.81 Å². The second kappa shape index (κ2) is 6.64. The molecule has 0 spiro atoms. The van der Waals surface area contributed by atoms with Crippen LogP contribution in [0.1, 0.15) is 13.8 Å². The molecule has 1 saturated heterocycles. The number of halogens is 1. The summed E-state index contributed by atoms with van der Waals surface area (Å²) in [6.07, 6.45) is 0. The Morgan fingerprint density at radius 3 is 2.43 bits per heavy atom. The van der Waals surface area contributed by atoms with E-state index in [0.717, 1.165) is 26.2 Å². The molecule has 0 atom stereocenters. The minimum atomic E-state index is -0.490. The maximum atomic E-state index is 13.0. The molecule has 0 N–H and O–H groups in total. The van der Waals surface area contributed by atoms with Gasteiger partial charge in [-0.05, 0) is 38.1 Å². The average molecular weight is 320 g/mol. The van der Waals surface area contributed by atoms with Crippen LogP contribution in [0.25, 0.3) is 11.5 Å². The van der Waals surface area contributed by atoms with E-state index in [9.17, 15) is 9.18 Å². The first-order chi connectivity index (χ1) is 11.0. The predicted octanol–water partition coefficient (Wildman–Crippen LogP) is 1.63. The Bertz CT molecular complexity index is 700. The molecule has 6 nitrogen and oxygen atoms in total. The lowest BCUT2D eigenvalue weighted by atomic mass is 10.2. The van der Waals surface area contributed by atoms with Crippen molar-refractivity contribution in [3.05, 3.63) is 40.6 Å². The number of rotatable bonds is 4. The molecule has 0 saturated carbocycles. The summed E-state index contributed by atoms with van der Waals surface area (Å²) in [6, 6.07) is 6.27. The molecule has 3 rings (SSSR count). The van der Waals surface area contributed by atoms with Gasteiger partial charge < -0.3 is 4.42 Å². The van der Waals surface area contributed by atoms with E-state index in [-0.39, 0.29) is 11.7 Å². The SMILES string of the molecule is CC(C)N1CCN(Cn2nc(-c3ccc(F)cc3)oc2=O)CC1. The molecule has 0 unspecified atom stereocenters. The minimum absolute atomic E-state index is 0.218. The number of hydrogen-bond donors (Lipinski definition) is 0. The molecule has 1 aliphatic rings. The number of nitrogens with zero attached hydrogens (tertiary/aromatic N) is 4. The highest BCUT2D eigenvalue weighted by atomic mass is 19.1. The smallest absolute Gasteiger partial charge is 0.388 e. The van der Waals surface area contributed by atoms with Gasteiger partial charge in [-0.15, -0.1) is 5.10 Å². The fourth-order valence-electron chi connectivity index (χ4n) is 2.72. The third-order valence-corrected chi connectivity index (χ3v) is 4.17. The molecule has 0 bridgehead atoms. The van der Waals surface area contributed by atoms with Crippen LogP contribution in [0.15, 0.2) is 33.5 Å². The zero-order valence-corrected chi connectivity index (χ0v) is 13.4. The fraction of sp³-hybridized carbons (Fsp3) is 0.500. The summed E-state index contributed by atoms with van der Waals surface area (Å²) in [7, 11) is 0. The van der Waals surface area contributed by atoms with E-state index in [4.69, 9.17) is 4.42 Å². The topological polar surface area (TPSA) is 54.5 Å². The largest absolute Gasteiger partial charge is 0.438 e. The minimum Gasteiger partial charge on any atom is -0.388 e. The van der Waals surface area contributed by atoms with E-state index in [1.807, 2.05) is 0 Å². The van der Waals surface area contributed by atoms with Crippen LogP contribution in [0.5, 0.6) is 0 Å². The molecular weight excluding hydrogens is 299 g/mol. The van der Waals surface area contributed by atoms with Gasteiger partial charge in [-0.25, -0.2) is 9.18 Å². The maximum absolute atomic E-state index is 13.0. The first-order valence-corrected chi connectivity index (χ1v) is 7.83. The number of aromatic nitrogens is 2. The van der Waals surface area contributed by atoms with Crippen molar-refractivity contribution >= 4 is 0 Å². The van der Waals surface area contributed by atoms with Crippen molar-refractivity contribution in [2.75, 3.05) is 26.2 Å². The molecule has 1 fully saturated rings. The summed E-state index contributed by atoms with van der Waals surface area (Å²) < 4.78 is 19.5. The van der Waals surface area contributed by atoms with Gasteiger partial charge >= 0.3 is 5.76 Å². The standard InChI is InChI=1S/C16H21FN4O2/c1-12(2)20-9-7-19(8-10-20)11-21-16(22)23-15(18-21)13-3-5-14(17)6-4-13/h3-6,12H,7-11H2,1-2H3. The second-order valence-corrected chi connectivity index (χ2v) is 6.07. The van der Waals surface area contributed by atoms with Crippen LogP contribution in [0, 0.1) is 5.82 Å². The molecule has 1 aliphatic heterocycles. The Morgan fingerprint density at radius 2 is 1.83 bits per heavy atom.